The van der Waals surface area contributed by atoms with Gasteiger partial charge in [-0.1, -0.05) is 0 Å². The first-order valence-electron chi connectivity index (χ1n) is 6.37. The monoisotopic (exact) mass is 260 g/mol. The van der Waals surface area contributed by atoms with E-state index in [9.17, 15) is 4.79 Å². The van der Waals surface area contributed by atoms with Crippen molar-refractivity contribution in [1.82, 2.24) is 9.55 Å². The molecule has 19 heavy (non-hydrogen) atoms. The lowest BCUT2D eigenvalue weighted by Gasteiger charge is -2.13. The number of nitrogens with zero attached hydrogens (tertiary/aromatic N) is 2. The number of carbonyl (C=O) groups is 1. The number of rotatable bonds is 1. The van der Waals surface area contributed by atoms with Crippen molar-refractivity contribution in [3.8, 4) is 0 Å². The summed E-state index contributed by atoms with van der Waals surface area (Å²) in [5, 5.41) is 0. The standard InChI is InChI=1S/C14H16N2O3/c1-9-8-19-6-5-13-15-11-4-3-10(14(17)18-2)7-12(11)16(9)13/h3-4,7,9H,5-6,8H2,1-2H3/t9-/m1/s1. The summed E-state index contributed by atoms with van der Waals surface area (Å²) in [6, 6.07) is 5.69. The topological polar surface area (TPSA) is 53.3 Å². The Morgan fingerprint density at radius 2 is 2.37 bits per heavy atom. The summed E-state index contributed by atoms with van der Waals surface area (Å²) in [5.74, 6) is 0.692. The zero-order valence-electron chi connectivity index (χ0n) is 11.0. The number of hydrogen-bond acceptors (Lipinski definition) is 4. The highest BCUT2D eigenvalue weighted by Gasteiger charge is 2.20. The quantitative estimate of drug-likeness (QED) is 0.735. The first-order valence-corrected chi connectivity index (χ1v) is 6.37. The van der Waals surface area contributed by atoms with E-state index in [1.807, 2.05) is 12.1 Å². The van der Waals surface area contributed by atoms with Crippen LogP contribution in [0.4, 0.5) is 0 Å². The lowest BCUT2D eigenvalue weighted by molar-refractivity contribution is 0.0601. The first-order chi connectivity index (χ1) is 9.20. The predicted molar refractivity (Wildman–Crippen MR) is 70.3 cm³/mol. The number of esters is 1. The van der Waals surface area contributed by atoms with Crippen molar-refractivity contribution in [2.75, 3.05) is 20.3 Å². The second-order valence-corrected chi connectivity index (χ2v) is 4.77. The molecule has 1 aliphatic rings. The van der Waals surface area contributed by atoms with E-state index in [1.54, 1.807) is 6.07 Å². The van der Waals surface area contributed by atoms with Crippen LogP contribution in [0, 0.1) is 0 Å². The summed E-state index contributed by atoms with van der Waals surface area (Å²) >= 11 is 0. The molecule has 100 valence electrons. The smallest absolute Gasteiger partial charge is 0.337 e. The largest absolute Gasteiger partial charge is 0.465 e. The fraction of sp³-hybridized carbons (Fsp3) is 0.429. The summed E-state index contributed by atoms with van der Waals surface area (Å²) in [6.07, 6.45) is 0.798. The summed E-state index contributed by atoms with van der Waals surface area (Å²) in [7, 11) is 1.39. The maximum absolute atomic E-state index is 11.6. The lowest BCUT2D eigenvalue weighted by Crippen LogP contribution is -2.10. The van der Waals surface area contributed by atoms with E-state index in [2.05, 4.69) is 16.5 Å². The number of carbonyl (C=O) groups excluding carboxylic acids is 1. The van der Waals surface area contributed by atoms with Crippen LogP contribution in [-0.2, 0) is 15.9 Å². The molecule has 0 unspecified atom stereocenters. The highest BCUT2D eigenvalue weighted by molar-refractivity contribution is 5.93. The molecule has 1 aromatic heterocycles. The molecule has 0 aliphatic carbocycles. The van der Waals surface area contributed by atoms with Gasteiger partial charge in [-0.3, -0.25) is 0 Å². The molecule has 2 heterocycles. The van der Waals surface area contributed by atoms with Gasteiger partial charge in [-0.25, -0.2) is 9.78 Å². The minimum Gasteiger partial charge on any atom is -0.465 e. The van der Waals surface area contributed by atoms with Crippen molar-refractivity contribution in [2.24, 2.45) is 0 Å². The van der Waals surface area contributed by atoms with Gasteiger partial charge in [0.2, 0.25) is 0 Å². The Morgan fingerprint density at radius 3 is 3.16 bits per heavy atom. The van der Waals surface area contributed by atoms with Gasteiger partial charge in [-0.2, -0.15) is 0 Å². The van der Waals surface area contributed by atoms with Crippen molar-refractivity contribution in [1.29, 1.82) is 0 Å². The van der Waals surface area contributed by atoms with Crippen LogP contribution >= 0.6 is 0 Å². The molecule has 1 atom stereocenters. The first kappa shape index (κ1) is 12.2. The molecule has 0 N–H and O–H groups in total. The third-order valence-corrected chi connectivity index (χ3v) is 3.45. The third-order valence-electron chi connectivity index (χ3n) is 3.45. The van der Waals surface area contributed by atoms with E-state index in [-0.39, 0.29) is 12.0 Å². The van der Waals surface area contributed by atoms with Gasteiger partial charge in [-0.15, -0.1) is 0 Å². The zero-order chi connectivity index (χ0) is 13.4. The van der Waals surface area contributed by atoms with Crippen LogP contribution in [0.15, 0.2) is 18.2 Å². The van der Waals surface area contributed by atoms with Crippen LogP contribution in [0.2, 0.25) is 0 Å². The molecule has 1 aliphatic heterocycles. The van der Waals surface area contributed by atoms with Crippen molar-refractivity contribution < 1.29 is 14.3 Å². The molecule has 0 spiro atoms. The molecule has 0 amide bonds. The fourth-order valence-corrected chi connectivity index (χ4v) is 2.55. The Bertz CT molecular complexity index is 633. The van der Waals surface area contributed by atoms with E-state index >= 15 is 0 Å². The minimum absolute atomic E-state index is 0.218. The maximum atomic E-state index is 11.6. The minimum atomic E-state index is -0.324. The molecule has 1 aromatic carbocycles. The Balaban J connectivity index is 2.18. The van der Waals surface area contributed by atoms with E-state index in [4.69, 9.17) is 9.47 Å². The summed E-state index contributed by atoms with van der Waals surface area (Å²) < 4.78 is 12.5. The molecule has 0 saturated heterocycles. The van der Waals surface area contributed by atoms with E-state index in [0.29, 0.717) is 18.8 Å². The Kier molecular flexibility index (Phi) is 2.98. The number of hydrogen-bond donors (Lipinski definition) is 0. The normalized spacial score (nSPS) is 18.9. The Morgan fingerprint density at radius 1 is 1.53 bits per heavy atom. The van der Waals surface area contributed by atoms with Gasteiger partial charge in [0.25, 0.3) is 0 Å². The summed E-state index contributed by atoms with van der Waals surface area (Å²) in [5.41, 5.74) is 2.43. The lowest BCUT2D eigenvalue weighted by atomic mass is 10.2. The number of methoxy groups -OCH3 is 1. The fourth-order valence-electron chi connectivity index (χ4n) is 2.55. The van der Waals surface area contributed by atoms with Crippen LogP contribution in [0.3, 0.4) is 0 Å². The molecule has 5 heteroatoms. The molecule has 0 radical (unpaired) electrons. The SMILES string of the molecule is COC(=O)c1ccc2nc3n(c2c1)[C@H](C)COCC3. The highest BCUT2D eigenvalue weighted by Crippen LogP contribution is 2.25. The average Bonchev–Trinajstić information content (AvgIpc) is 2.69. The average molecular weight is 260 g/mol. The maximum Gasteiger partial charge on any atom is 0.337 e. The molecule has 0 saturated carbocycles. The van der Waals surface area contributed by atoms with Gasteiger partial charge in [0.1, 0.15) is 5.82 Å². The van der Waals surface area contributed by atoms with Crippen LogP contribution < -0.4 is 0 Å². The Hall–Kier alpha value is -1.88. The van der Waals surface area contributed by atoms with Crippen molar-refractivity contribution in [3.05, 3.63) is 29.6 Å². The van der Waals surface area contributed by atoms with Crippen LogP contribution in [0.25, 0.3) is 11.0 Å². The van der Waals surface area contributed by atoms with E-state index in [1.165, 1.54) is 7.11 Å². The third kappa shape index (κ3) is 2.00. The summed E-state index contributed by atoms with van der Waals surface area (Å²) in [4.78, 5) is 16.2. The van der Waals surface area contributed by atoms with Gasteiger partial charge in [0.15, 0.2) is 0 Å². The molecule has 0 bridgehead atoms. The number of fused-ring (bicyclic) bond motifs is 3. The number of imidazole rings is 1. The van der Waals surface area contributed by atoms with Gasteiger partial charge in [0.05, 0.1) is 43.0 Å². The van der Waals surface area contributed by atoms with Crippen LogP contribution in [0.1, 0.15) is 29.1 Å². The molecular weight excluding hydrogens is 244 g/mol. The predicted octanol–water partition coefficient (Wildman–Crippen LogP) is 1.96. The van der Waals surface area contributed by atoms with Gasteiger partial charge in [-0.05, 0) is 25.1 Å². The summed E-state index contributed by atoms with van der Waals surface area (Å²) in [6.45, 7) is 3.46. The van der Waals surface area contributed by atoms with Crippen LogP contribution in [0.5, 0.6) is 0 Å². The van der Waals surface area contributed by atoms with Crippen molar-refractivity contribution in [3.63, 3.8) is 0 Å². The van der Waals surface area contributed by atoms with E-state index < -0.39 is 0 Å². The number of benzene rings is 1. The van der Waals surface area contributed by atoms with Gasteiger partial charge in [0, 0.05) is 6.42 Å². The zero-order valence-corrected chi connectivity index (χ0v) is 11.0. The molecule has 0 fully saturated rings. The van der Waals surface area contributed by atoms with Crippen LogP contribution in [-0.4, -0.2) is 35.8 Å². The highest BCUT2D eigenvalue weighted by atomic mass is 16.5. The van der Waals surface area contributed by atoms with Gasteiger partial charge >= 0.3 is 5.97 Å². The number of aromatic nitrogens is 2. The molecule has 2 aromatic rings. The van der Waals surface area contributed by atoms with Crippen molar-refractivity contribution in [2.45, 2.75) is 19.4 Å². The van der Waals surface area contributed by atoms with Crippen molar-refractivity contribution >= 4 is 17.0 Å². The molecular formula is C14H16N2O3. The Labute approximate surface area is 111 Å². The van der Waals surface area contributed by atoms with E-state index in [0.717, 1.165) is 23.3 Å². The molecule has 3 rings (SSSR count). The number of ether oxygens (including phenoxy) is 2. The second kappa shape index (κ2) is 4.66. The van der Waals surface area contributed by atoms with Gasteiger partial charge < -0.3 is 14.0 Å². The second-order valence-electron chi connectivity index (χ2n) is 4.77. The molecule has 5 nitrogen and oxygen atoms in total.